The van der Waals surface area contributed by atoms with Crippen molar-refractivity contribution in [3.63, 3.8) is 0 Å². The van der Waals surface area contributed by atoms with Crippen molar-refractivity contribution >= 4 is 22.9 Å². The first kappa shape index (κ1) is 12.3. The van der Waals surface area contributed by atoms with Crippen LogP contribution < -0.4 is 5.32 Å². The number of halogens is 1. The monoisotopic (exact) mass is 260 g/mol. The topological polar surface area (TPSA) is 24.5 Å². The molecular formula is C11H17ClN2OS. The number of likely N-dealkylation sites (N-methyl/N-ethyl adjacent to an activating group) is 1. The second-order valence-corrected chi connectivity index (χ2v) is 5.55. The standard InChI is InChI=1S/C11H17ClN2OS/c1-14-2-3-15-10(7-14)5-13-6-11-4-9(12)8-16-11/h4,8,10,13H,2-3,5-7H2,1H3. The minimum absolute atomic E-state index is 0.314. The zero-order valence-electron chi connectivity index (χ0n) is 9.41. The highest BCUT2D eigenvalue weighted by atomic mass is 35.5. The Morgan fingerprint density at radius 2 is 2.56 bits per heavy atom. The molecule has 1 aromatic rings. The molecule has 1 saturated heterocycles. The molecule has 0 amide bonds. The second-order valence-electron chi connectivity index (χ2n) is 4.12. The Labute approximate surface area is 105 Å². The van der Waals surface area contributed by atoms with E-state index in [1.165, 1.54) is 4.88 Å². The van der Waals surface area contributed by atoms with Gasteiger partial charge in [-0.05, 0) is 13.1 Å². The Bertz CT molecular complexity index is 332. The lowest BCUT2D eigenvalue weighted by Crippen LogP contribution is -2.44. The Morgan fingerprint density at radius 3 is 3.25 bits per heavy atom. The third kappa shape index (κ3) is 3.71. The number of nitrogens with one attached hydrogen (secondary N) is 1. The molecule has 0 aromatic carbocycles. The van der Waals surface area contributed by atoms with Crippen molar-refractivity contribution < 1.29 is 4.74 Å². The van der Waals surface area contributed by atoms with Gasteiger partial charge in [0.15, 0.2) is 0 Å². The molecule has 1 aliphatic rings. The highest BCUT2D eigenvalue weighted by Crippen LogP contribution is 2.18. The number of thiophene rings is 1. The summed E-state index contributed by atoms with van der Waals surface area (Å²) in [6, 6.07) is 2.01. The van der Waals surface area contributed by atoms with E-state index < -0.39 is 0 Å². The molecule has 1 N–H and O–H groups in total. The van der Waals surface area contributed by atoms with E-state index in [-0.39, 0.29) is 0 Å². The molecule has 1 fully saturated rings. The van der Waals surface area contributed by atoms with Crippen molar-refractivity contribution in [2.45, 2.75) is 12.6 Å². The predicted octanol–water partition coefficient (Wildman–Crippen LogP) is 1.82. The van der Waals surface area contributed by atoms with Crippen molar-refractivity contribution in [3.05, 3.63) is 21.3 Å². The molecule has 1 atom stereocenters. The van der Waals surface area contributed by atoms with Crippen molar-refractivity contribution in [1.82, 2.24) is 10.2 Å². The number of rotatable bonds is 4. The van der Waals surface area contributed by atoms with Gasteiger partial charge < -0.3 is 15.0 Å². The first-order valence-corrected chi connectivity index (χ1v) is 6.73. The van der Waals surface area contributed by atoms with Gasteiger partial charge in [0.25, 0.3) is 0 Å². The van der Waals surface area contributed by atoms with Gasteiger partial charge in [0, 0.05) is 36.4 Å². The molecule has 0 aliphatic carbocycles. The minimum Gasteiger partial charge on any atom is -0.374 e. The lowest BCUT2D eigenvalue weighted by Gasteiger charge is -2.30. The third-order valence-electron chi connectivity index (χ3n) is 2.63. The van der Waals surface area contributed by atoms with Crippen LogP contribution in [0.3, 0.4) is 0 Å². The maximum Gasteiger partial charge on any atom is 0.0826 e. The summed E-state index contributed by atoms with van der Waals surface area (Å²) in [6.45, 7) is 4.67. The molecule has 0 bridgehead atoms. The maximum atomic E-state index is 5.86. The summed E-state index contributed by atoms with van der Waals surface area (Å²) >= 11 is 7.55. The zero-order valence-corrected chi connectivity index (χ0v) is 11.0. The Balaban J connectivity index is 1.67. The molecule has 1 aliphatic heterocycles. The maximum absolute atomic E-state index is 5.86. The molecule has 0 spiro atoms. The summed E-state index contributed by atoms with van der Waals surface area (Å²) in [6.07, 6.45) is 0.314. The van der Waals surface area contributed by atoms with Crippen LogP contribution in [0.1, 0.15) is 4.88 Å². The lowest BCUT2D eigenvalue weighted by atomic mass is 10.3. The van der Waals surface area contributed by atoms with Crippen LogP contribution in [0.5, 0.6) is 0 Å². The van der Waals surface area contributed by atoms with Crippen molar-refractivity contribution in [1.29, 1.82) is 0 Å². The average molecular weight is 261 g/mol. The molecule has 2 rings (SSSR count). The van der Waals surface area contributed by atoms with E-state index in [2.05, 4.69) is 17.3 Å². The quantitative estimate of drug-likeness (QED) is 0.894. The molecule has 0 saturated carbocycles. The van der Waals surface area contributed by atoms with E-state index in [0.29, 0.717) is 6.10 Å². The van der Waals surface area contributed by atoms with Crippen molar-refractivity contribution in [2.75, 3.05) is 33.3 Å². The molecule has 90 valence electrons. The number of nitrogens with zero attached hydrogens (tertiary/aromatic N) is 1. The van der Waals surface area contributed by atoms with E-state index in [1.54, 1.807) is 11.3 Å². The summed E-state index contributed by atoms with van der Waals surface area (Å²) in [5.41, 5.74) is 0. The summed E-state index contributed by atoms with van der Waals surface area (Å²) in [4.78, 5) is 3.58. The van der Waals surface area contributed by atoms with Crippen LogP contribution in [-0.2, 0) is 11.3 Å². The largest absolute Gasteiger partial charge is 0.374 e. The van der Waals surface area contributed by atoms with Crippen LogP contribution in [0.25, 0.3) is 0 Å². The molecule has 1 aromatic heterocycles. The van der Waals surface area contributed by atoms with Gasteiger partial charge in [0.05, 0.1) is 17.7 Å². The summed E-state index contributed by atoms with van der Waals surface area (Å²) in [5.74, 6) is 0. The zero-order chi connectivity index (χ0) is 11.4. The van der Waals surface area contributed by atoms with Gasteiger partial charge in [-0.3, -0.25) is 0 Å². The van der Waals surface area contributed by atoms with E-state index in [4.69, 9.17) is 16.3 Å². The van der Waals surface area contributed by atoms with Gasteiger partial charge in [-0.2, -0.15) is 0 Å². The van der Waals surface area contributed by atoms with Gasteiger partial charge in [-0.15, -0.1) is 11.3 Å². The van der Waals surface area contributed by atoms with Crippen LogP contribution in [0.2, 0.25) is 5.02 Å². The normalized spacial score (nSPS) is 22.5. The van der Waals surface area contributed by atoms with Crippen LogP contribution >= 0.6 is 22.9 Å². The molecule has 3 nitrogen and oxygen atoms in total. The molecule has 1 unspecified atom stereocenters. The fourth-order valence-electron chi connectivity index (χ4n) is 1.79. The predicted molar refractivity (Wildman–Crippen MR) is 68.3 cm³/mol. The van der Waals surface area contributed by atoms with E-state index in [1.807, 2.05) is 11.4 Å². The fraction of sp³-hybridized carbons (Fsp3) is 0.636. The summed E-state index contributed by atoms with van der Waals surface area (Å²) < 4.78 is 5.66. The van der Waals surface area contributed by atoms with Gasteiger partial charge in [-0.25, -0.2) is 0 Å². The van der Waals surface area contributed by atoms with Gasteiger partial charge in [0.1, 0.15) is 0 Å². The van der Waals surface area contributed by atoms with E-state index in [0.717, 1.165) is 37.8 Å². The van der Waals surface area contributed by atoms with Crippen LogP contribution in [-0.4, -0.2) is 44.3 Å². The Kier molecular flexibility index (Phi) is 4.61. The van der Waals surface area contributed by atoms with Gasteiger partial charge >= 0.3 is 0 Å². The van der Waals surface area contributed by atoms with Gasteiger partial charge in [-0.1, -0.05) is 11.6 Å². The van der Waals surface area contributed by atoms with Gasteiger partial charge in [0.2, 0.25) is 0 Å². The number of hydrogen-bond donors (Lipinski definition) is 1. The first-order chi connectivity index (χ1) is 7.74. The molecule has 2 heterocycles. The van der Waals surface area contributed by atoms with Crippen LogP contribution in [0, 0.1) is 0 Å². The Hall–Kier alpha value is -0.130. The van der Waals surface area contributed by atoms with E-state index >= 15 is 0 Å². The van der Waals surface area contributed by atoms with Crippen LogP contribution in [0.15, 0.2) is 11.4 Å². The molecular weight excluding hydrogens is 244 g/mol. The number of ether oxygens (including phenoxy) is 1. The molecule has 16 heavy (non-hydrogen) atoms. The molecule has 5 heteroatoms. The lowest BCUT2D eigenvalue weighted by molar-refractivity contribution is -0.0181. The fourth-order valence-corrected chi connectivity index (χ4v) is 2.84. The first-order valence-electron chi connectivity index (χ1n) is 5.48. The van der Waals surface area contributed by atoms with E-state index in [9.17, 15) is 0 Å². The SMILES string of the molecule is CN1CCOC(CNCc2cc(Cl)cs2)C1. The minimum atomic E-state index is 0.314. The average Bonchev–Trinajstić information content (AvgIpc) is 2.64. The summed E-state index contributed by atoms with van der Waals surface area (Å²) in [5, 5.41) is 6.20. The number of morpholine rings is 1. The summed E-state index contributed by atoms with van der Waals surface area (Å²) in [7, 11) is 2.13. The molecule has 0 radical (unpaired) electrons. The highest BCUT2D eigenvalue weighted by Gasteiger charge is 2.16. The van der Waals surface area contributed by atoms with Crippen LogP contribution in [0.4, 0.5) is 0 Å². The second kappa shape index (κ2) is 5.98. The van der Waals surface area contributed by atoms with Crippen molar-refractivity contribution in [2.24, 2.45) is 0 Å². The highest BCUT2D eigenvalue weighted by molar-refractivity contribution is 7.10. The Morgan fingerprint density at radius 1 is 1.69 bits per heavy atom. The number of hydrogen-bond acceptors (Lipinski definition) is 4. The smallest absolute Gasteiger partial charge is 0.0826 e. The third-order valence-corrected chi connectivity index (χ3v) is 3.92. The van der Waals surface area contributed by atoms with Crippen molar-refractivity contribution in [3.8, 4) is 0 Å².